The average Bonchev–Trinajstić information content (AvgIpc) is 3.36. The van der Waals surface area contributed by atoms with Crippen LogP contribution in [0.1, 0.15) is 28.2 Å². The molecule has 0 aliphatic carbocycles. The zero-order valence-corrected chi connectivity index (χ0v) is 15.0. The maximum absolute atomic E-state index is 12.5. The van der Waals surface area contributed by atoms with Gasteiger partial charge >= 0.3 is 0 Å². The Morgan fingerprint density at radius 2 is 2.08 bits per heavy atom. The van der Waals surface area contributed by atoms with E-state index in [0.717, 1.165) is 23.5 Å². The van der Waals surface area contributed by atoms with Gasteiger partial charge in [0.05, 0.1) is 6.26 Å². The number of aryl methyl sites for hydroxylation is 1. The molecule has 0 bridgehead atoms. The van der Waals surface area contributed by atoms with Crippen molar-refractivity contribution in [2.45, 2.75) is 19.8 Å². The summed E-state index contributed by atoms with van der Waals surface area (Å²) in [6, 6.07) is 10.9. The summed E-state index contributed by atoms with van der Waals surface area (Å²) in [6.45, 7) is 2.61. The number of nitrogens with one attached hydrogen (secondary N) is 1. The van der Waals surface area contributed by atoms with E-state index in [1.165, 1.54) is 11.3 Å². The van der Waals surface area contributed by atoms with E-state index in [0.29, 0.717) is 28.6 Å². The van der Waals surface area contributed by atoms with E-state index in [9.17, 15) is 9.59 Å². The molecule has 0 radical (unpaired) electrons. The summed E-state index contributed by atoms with van der Waals surface area (Å²) in [6.07, 6.45) is 3.07. The Labute approximate surface area is 154 Å². The molecule has 2 aromatic heterocycles. The third-order valence-corrected chi connectivity index (χ3v) is 5.24. The van der Waals surface area contributed by atoms with Crippen LogP contribution in [0.4, 0.5) is 11.4 Å². The van der Waals surface area contributed by atoms with Crippen LogP contribution >= 0.6 is 11.3 Å². The minimum Gasteiger partial charge on any atom is -0.462 e. The van der Waals surface area contributed by atoms with Crippen LogP contribution in [0.25, 0.3) is 10.8 Å². The highest BCUT2D eigenvalue weighted by atomic mass is 32.1. The predicted molar refractivity (Wildman–Crippen MR) is 101 cm³/mol. The molecule has 1 aliphatic rings. The van der Waals surface area contributed by atoms with Crippen LogP contribution in [0.5, 0.6) is 0 Å². The second kappa shape index (κ2) is 6.76. The van der Waals surface area contributed by atoms with Crippen LogP contribution in [-0.4, -0.2) is 23.3 Å². The minimum atomic E-state index is -0.262. The highest BCUT2D eigenvalue weighted by molar-refractivity contribution is 7.15. The van der Waals surface area contributed by atoms with Crippen molar-refractivity contribution in [3.63, 3.8) is 0 Å². The molecule has 3 heterocycles. The summed E-state index contributed by atoms with van der Waals surface area (Å²) in [5, 5.41) is 3.54. The number of hydrogen-bond acceptors (Lipinski definition) is 5. The maximum Gasteiger partial charge on any atom is 0.275 e. The lowest BCUT2D eigenvalue weighted by Crippen LogP contribution is -2.23. The van der Waals surface area contributed by atoms with Crippen LogP contribution in [0.15, 0.2) is 47.1 Å². The molecular weight excluding hydrogens is 350 g/mol. The Kier molecular flexibility index (Phi) is 4.30. The number of amides is 2. The first kappa shape index (κ1) is 16.5. The summed E-state index contributed by atoms with van der Waals surface area (Å²) in [5.74, 6) is 0.531. The lowest BCUT2D eigenvalue weighted by molar-refractivity contribution is -0.117. The lowest BCUT2D eigenvalue weighted by atomic mass is 10.2. The largest absolute Gasteiger partial charge is 0.462 e. The molecule has 26 heavy (non-hydrogen) atoms. The summed E-state index contributed by atoms with van der Waals surface area (Å²) in [5.41, 5.74) is 1.91. The Morgan fingerprint density at radius 3 is 2.73 bits per heavy atom. The molecule has 1 N–H and O–H groups in total. The second-order valence-electron chi connectivity index (χ2n) is 6.05. The molecule has 4 rings (SSSR count). The first-order valence-electron chi connectivity index (χ1n) is 8.35. The minimum absolute atomic E-state index is 0.144. The van der Waals surface area contributed by atoms with E-state index in [1.807, 2.05) is 25.1 Å². The average molecular weight is 367 g/mol. The van der Waals surface area contributed by atoms with E-state index in [-0.39, 0.29) is 11.8 Å². The molecule has 1 saturated heterocycles. The van der Waals surface area contributed by atoms with E-state index in [1.54, 1.807) is 29.4 Å². The van der Waals surface area contributed by atoms with Crippen molar-refractivity contribution in [3.8, 4) is 10.8 Å². The quantitative estimate of drug-likeness (QED) is 0.753. The van der Waals surface area contributed by atoms with E-state index >= 15 is 0 Å². The fourth-order valence-corrected chi connectivity index (χ4v) is 3.83. The molecule has 1 fully saturated rings. The van der Waals surface area contributed by atoms with Crippen LogP contribution in [0.3, 0.4) is 0 Å². The fourth-order valence-electron chi connectivity index (χ4n) is 2.95. The lowest BCUT2D eigenvalue weighted by Gasteiger charge is -2.16. The van der Waals surface area contributed by atoms with Gasteiger partial charge in [-0.2, -0.15) is 0 Å². The van der Waals surface area contributed by atoms with Gasteiger partial charge in [-0.25, -0.2) is 4.98 Å². The van der Waals surface area contributed by atoms with Gasteiger partial charge in [-0.3, -0.25) is 9.59 Å². The molecule has 1 aromatic carbocycles. The van der Waals surface area contributed by atoms with Gasteiger partial charge in [0, 0.05) is 29.2 Å². The van der Waals surface area contributed by atoms with Crippen LogP contribution < -0.4 is 10.2 Å². The van der Waals surface area contributed by atoms with Gasteiger partial charge in [0.2, 0.25) is 5.91 Å². The summed E-state index contributed by atoms with van der Waals surface area (Å²) < 4.78 is 5.34. The Hall–Kier alpha value is -2.93. The van der Waals surface area contributed by atoms with Crippen molar-refractivity contribution in [2.24, 2.45) is 0 Å². The zero-order chi connectivity index (χ0) is 18.1. The number of benzene rings is 1. The van der Waals surface area contributed by atoms with E-state index < -0.39 is 0 Å². The number of rotatable bonds is 4. The first-order valence-corrected chi connectivity index (χ1v) is 9.16. The van der Waals surface area contributed by atoms with E-state index in [2.05, 4.69) is 10.3 Å². The van der Waals surface area contributed by atoms with Gasteiger partial charge in [-0.15, -0.1) is 11.3 Å². The topological polar surface area (TPSA) is 75.4 Å². The molecule has 2 amide bonds. The van der Waals surface area contributed by atoms with Crippen LogP contribution in [-0.2, 0) is 4.79 Å². The molecule has 0 spiro atoms. The Morgan fingerprint density at radius 1 is 1.27 bits per heavy atom. The number of aromatic nitrogens is 1. The van der Waals surface area contributed by atoms with Gasteiger partial charge in [0.15, 0.2) is 10.8 Å². The smallest absolute Gasteiger partial charge is 0.275 e. The van der Waals surface area contributed by atoms with Crippen molar-refractivity contribution in [1.29, 1.82) is 0 Å². The van der Waals surface area contributed by atoms with Gasteiger partial charge in [-0.1, -0.05) is 0 Å². The summed E-state index contributed by atoms with van der Waals surface area (Å²) >= 11 is 1.42. The van der Waals surface area contributed by atoms with Gasteiger partial charge < -0.3 is 14.6 Å². The number of anilines is 2. The summed E-state index contributed by atoms with van der Waals surface area (Å²) in [7, 11) is 0. The SMILES string of the molecule is Cc1sc(-c2ccco2)nc1C(=O)Nc1ccc(N2CCCC2=O)cc1. The monoisotopic (exact) mass is 367 g/mol. The molecule has 0 unspecified atom stereocenters. The predicted octanol–water partition coefficient (Wildman–Crippen LogP) is 4.09. The molecule has 3 aromatic rings. The number of thiazole rings is 1. The standard InChI is InChI=1S/C19H17N3O3S/c1-12-17(21-19(26-12)15-4-3-11-25-15)18(24)20-13-6-8-14(9-7-13)22-10-2-5-16(22)23/h3-4,6-9,11H,2,5,10H2,1H3,(H,20,24). The molecule has 132 valence electrons. The third-order valence-electron chi connectivity index (χ3n) is 4.25. The van der Waals surface area contributed by atoms with Crippen molar-refractivity contribution in [2.75, 3.05) is 16.8 Å². The molecule has 7 heteroatoms. The van der Waals surface area contributed by atoms with Gasteiger partial charge in [0.1, 0.15) is 5.69 Å². The number of carbonyl (C=O) groups excluding carboxylic acids is 2. The molecule has 6 nitrogen and oxygen atoms in total. The van der Waals surface area contributed by atoms with Crippen molar-refractivity contribution < 1.29 is 14.0 Å². The Balaban J connectivity index is 1.49. The van der Waals surface area contributed by atoms with Crippen molar-refractivity contribution >= 4 is 34.5 Å². The first-order chi connectivity index (χ1) is 12.6. The normalized spacial score (nSPS) is 14.0. The fraction of sp³-hybridized carbons (Fsp3) is 0.211. The molecule has 0 saturated carbocycles. The highest BCUT2D eigenvalue weighted by Crippen LogP contribution is 2.29. The number of hydrogen-bond donors (Lipinski definition) is 1. The maximum atomic E-state index is 12.5. The third kappa shape index (κ3) is 3.13. The molecular formula is C19H17N3O3S. The molecule has 0 atom stereocenters. The highest BCUT2D eigenvalue weighted by Gasteiger charge is 2.22. The second-order valence-corrected chi connectivity index (χ2v) is 7.25. The molecule has 1 aliphatic heterocycles. The zero-order valence-electron chi connectivity index (χ0n) is 14.2. The van der Waals surface area contributed by atoms with Gasteiger partial charge in [-0.05, 0) is 49.7 Å². The number of furan rings is 1. The van der Waals surface area contributed by atoms with E-state index in [4.69, 9.17) is 4.42 Å². The number of nitrogens with zero attached hydrogens (tertiary/aromatic N) is 2. The van der Waals surface area contributed by atoms with Crippen LogP contribution in [0.2, 0.25) is 0 Å². The van der Waals surface area contributed by atoms with Crippen molar-refractivity contribution in [3.05, 3.63) is 53.2 Å². The van der Waals surface area contributed by atoms with Crippen molar-refractivity contribution in [1.82, 2.24) is 4.98 Å². The number of carbonyl (C=O) groups is 2. The van der Waals surface area contributed by atoms with Crippen LogP contribution in [0, 0.1) is 6.92 Å². The Bertz CT molecular complexity index is 945. The summed E-state index contributed by atoms with van der Waals surface area (Å²) in [4.78, 5) is 31.3. The van der Waals surface area contributed by atoms with Gasteiger partial charge in [0.25, 0.3) is 5.91 Å².